The molecule has 3 aromatic carbocycles. The zero-order valence-electron chi connectivity index (χ0n) is 16.7. The van der Waals surface area contributed by atoms with Gasteiger partial charge in [0.05, 0.1) is 6.21 Å². The molecule has 0 aliphatic rings. The van der Waals surface area contributed by atoms with Crippen molar-refractivity contribution < 1.29 is 14.3 Å². The smallest absolute Gasteiger partial charge is 0.271 e. The molecule has 0 radical (unpaired) electrons. The molecule has 0 unspecified atom stereocenters. The first kappa shape index (κ1) is 20.8. The van der Waals surface area contributed by atoms with Gasteiger partial charge in [-0.3, -0.25) is 9.59 Å². The average Bonchev–Trinajstić information content (AvgIpc) is 2.78. The summed E-state index contributed by atoms with van der Waals surface area (Å²) < 4.78 is 5.50. The first-order chi connectivity index (χ1) is 14.6. The Morgan fingerprint density at radius 1 is 0.933 bits per heavy atom. The molecule has 0 heterocycles. The number of ether oxygens (including phenoxy) is 1. The van der Waals surface area contributed by atoms with Crippen LogP contribution in [0, 0.1) is 6.92 Å². The Morgan fingerprint density at radius 2 is 1.63 bits per heavy atom. The van der Waals surface area contributed by atoms with E-state index in [-0.39, 0.29) is 18.4 Å². The SMILES string of the molecule is Cc1ccccc1C(=O)N/N=C\c1ccc(OCC(=O)NCc2ccccc2)cc1. The molecule has 6 nitrogen and oxygen atoms in total. The molecule has 0 bridgehead atoms. The van der Waals surface area contributed by atoms with Gasteiger partial charge in [-0.05, 0) is 53.9 Å². The van der Waals surface area contributed by atoms with Gasteiger partial charge in [-0.1, -0.05) is 48.5 Å². The van der Waals surface area contributed by atoms with Gasteiger partial charge >= 0.3 is 0 Å². The van der Waals surface area contributed by atoms with Crippen LogP contribution in [0.4, 0.5) is 0 Å². The van der Waals surface area contributed by atoms with E-state index in [9.17, 15) is 9.59 Å². The Hall–Kier alpha value is -3.93. The van der Waals surface area contributed by atoms with Crippen molar-refractivity contribution in [2.75, 3.05) is 6.61 Å². The first-order valence-corrected chi connectivity index (χ1v) is 9.54. The van der Waals surface area contributed by atoms with E-state index in [1.165, 1.54) is 0 Å². The summed E-state index contributed by atoms with van der Waals surface area (Å²) in [6, 6.07) is 24.1. The zero-order chi connectivity index (χ0) is 21.2. The van der Waals surface area contributed by atoms with Gasteiger partial charge in [0.25, 0.3) is 11.8 Å². The van der Waals surface area contributed by atoms with Crippen molar-refractivity contribution in [3.8, 4) is 5.75 Å². The largest absolute Gasteiger partial charge is 0.484 e. The van der Waals surface area contributed by atoms with Crippen LogP contribution in [-0.2, 0) is 11.3 Å². The summed E-state index contributed by atoms with van der Waals surface area (Å²) in [5, 5.41) is 6.80. The van der Waals surface area contributed by atoms with Crippen LogP contribution in [0.15, 0.2) is 84.0 Å². The molecule has 0 aliphatic heterocycles. The molecule has 0 saturated carbocycles. The molecule has 0 fully saturated rings. The van der Waals surface area contributed by atoms with Gasteiger partial charge < -0.3 is 10.1 Å². The van der Waals surface area contributed by atoms with Gasteiger partial charge in [-0.25, -0.2) is 5.43 Å². The van der Waals surface area contributed by atoms with Crippen LogP contribution in [0.2, 0.25) is 0 Å². The summed E-state index contributed by atoms with van der Waals surface area (Å²) in [5.74, 6) is 0.125. The number of amides is 2. The van der Waals surface area contributed by atoms with E-state index in [1.54, 1.807) is 36.5 Å². The van der Waals surface area contributed by atoms with Crippen molar-refractivity contribution >= 4 is 18.0 Å². The van der Waals surface area contributed by atoms with Crippen molar-refractivity contribution in [1.29, 1.82) is 0 Å². The van der Waals surface area contributed by atoms with Crippen LogP contribution in [-0.4, -0.2) is 24.6 Å². The highest BCUT2D eigenvalue weighted by atomic mass is 16.5. The topological polar surface area (TPSA) is 79.8 Å². The van der Waals surface area contributed by atoms with Crippen molar-refractivity contribution in [2.24, 2.45) is 5.10 Å². The third-order valence-electron chi connectivity index (χ3n) is 4.35. The summed E-state index contributed by atoms with van der Waals surface area (Å²) >= 11 is 0. The number of hydrazone groups is 1. The van der Waals surface area contributed by atoms with Crippen molar-refractivity contribution in [3.05, 3.63) is 101 Å². The minimum absolute atomic E-state index is 0.0627. The molecule has 0 atom stereocenters. The number of carbonyl (C=O) groups excluding carboxylic acids is 2. The lowest BCUT2D eigenvalue weighted by atomic mass is 10.1. The van der Waals surface area contributed by atoms with E-state index in [0.717, 1.165) is 16.7 Å². The van der Waals surface area contributed by atoms with Crippen LogP contribution in [0.5, 0.6) is 5.75 Å². The molecule has 0 aliphatic carbocycles. The Bertz CT molecular complexity index is 1020. The van der Waals surface area contributed by atoms with E-state index in [1.807, 2.05) is 55.5 Å². The molecule has 3 rings (SSSR count). The fourth-order valence-electron chi connectivity index (χ4n) is 2.70. The molecule has 0 aromatic heterocycles. The average molecular weight is 401 g/mol. The lowest BCUT2D eigenvalue weighted by molar-refractivity contribution is -0.123. The number of carbonyl (C=O) groups is 2. The van der Waals surface area contributed by atoms with E-state index in [4.69, 9.17) is 4.74 Å². The third-order valence-corrected chi connectivity index (χ3v) is 4.35. The summed E-state index contributed by atoms with van der Waals surface area (Å²) in [4.78, 5) is 24.0. The standard InChI is InChI=1S/C24H23N3O3/c1-18-7-5-6-10-22(18)24(29)27-26-16-20-11-13-21(14-12-20)30-17-23(28)25-15-19-8-3-2-4-9-19/h2-14,16H,15,17H2,1H3,(H,25,28)(H,27,29)/b26-16-. The molecule has 2 N–H and O–H groups in total. The van der Waals surface area contributed by atoms with Crippen LogP contribution < -0.4 is 15.5 Å². The number of aryl methyl sites for hydroxylation is 1. The van der Waals surface area contributed by atoms with Crippen LogP contribution in [0.1, 0.15) is 27.0 Å². The number of nitrogens with one attached hydrogen (secondary N) is 2. The van der Waals surface area contributed by atoms with Crippen molar-refractivity contribution in [3.63, 3.8) is 0 Å². The molecule has 3 aromatic rings. The van der Waals surface area contributed by atoms with E-state index in [2.05, 4.69) is 15.8 Å². The molecule has 6 heteroatoms. The molecular weight excluding hydrogens is 378 g/mol. The molecule has 30 heavy (non-hydrogen) atoms. The van der Waals surface area contributed by atoms with Crippen molar-refractivity contribution in [1.82, 2.24) is 10.7 Å². The van der Waals surface area contributed by atoms with Crippen LogP contribution in [0.25, 0.3) is 0 Å². The lowest BCUT2D eigenvalue weighted by Crippen LogP contribution is -2.28. The zero-order valence-corrected chi connectivity index (χ0v) is 16.7. The minimum atomic E-state index is -0.259. The van der Waals surface area contributed by atoms with E-state index in [0.29, 0.717) is 17.9 Å². The maximum Gasteiger partial charge on any atom is 0.271 e. The third kappa shape index (κ3) is 6.31. The Balaban J connectivity index is 1.43. The highest BCUT2D eigenvalue weighted by Crippen LogP contribution is 2.11. The summed E-state index contributed by atoms with van der Waals surface area (Å²) in [7, 11) is 0. The second kappa shape index (κ2) is 10.6. The normalized spacial score (nSPS) is 10.6. The predicted molar refractivity (Wildman–Crippen MR) is 116 cm³/mol. The van der Waals surface area contributed by atoms with Crippen LogP contribution >= 0.6 is 0 Å². The maximum atomic E-state index is 12.1. The minimum Gasteiger partial charge on any atom is -0.484 e. The summed E-state index contributed by atoms with van der Waals surface area (Å²) in [6.45, 7) is 2.28. The second-order valence-electron chi connectivity index (χ2n) is 6.63. The Morgan fingerprint density at radius 3 is 2.37 bits per heavy atom. The lowest BCUT2D eigenvalue weighted by Gasteiger charge is -2.08. The van der Waals surface area contributed by atoms with E-state index < -0.39 is 0 Å². The Kier molecular flexibility index (Phi) is 7.33. The van der Waals surface area contributed by atoms with Gasteiger partial charge in [0.1, 0.15) is 5.75 Å². The number of hydrogen-bond acceptors (Lipinski definition) is 4. The highest BCUT2D eigenvalue weighted by Gasteiger charge is 2.06. The summed E-state index contributed by atoms with van der Waals surface area (Å²) in [5.41, 5.74) is 5.82. The number of benzene rings is 3. The fourth-order valence-corrected chi connectivity index (χ4v) is 2.70. The fraction of sp³-hybridized carbons (Fsp3) is 0.125. The molecular formula is C24H23N3O3. The molecule has 0 saturated heterocycles. The summed E-state index contributed by atoms with van der Waals surface area (Å²) in [6.07, 6.45) is 1.55. The van der Waals surface area contributed by atoms with E-state index >= 15 is 0 Å². The molecule has 2 amide bonds. The predicted octanol–water partition coefficient (Wildman–Crippen LogP) is 3.45. The number of rotatable bonds is 8. The maximum absolute atomic E-state index is 12.1. The van der Waals surface area contributed by atoms with Gasteiger partial charge in [0, 0.05) is 12.1 Å². The van der Waals surface area contributed by atoms with Gasteiger partial charge in [0.2, 0.25) is 0 Å². The van der Waals surface area contributed by atoms with Gasteiger partial charge in [0.15, 0.2) is 6.61 Å². The molecule has 0 spiro atoms. The Labute approximate surface area is 175 Å². The van der Waals surface area contributed by atoms with Gasteiger partial charge in [-0.2, -0.15) is 5.10 Å². The quantitative estimate of drug-likeness (QED) is 0.448. The number of nitrogens with zero attached hydrogens (tertiary/aromatic N) is 1. The number of hydrogen-bond donors (Lipinski definition) is 2. The van der Waals surface area contributed by atoms with Crippen LogP contribution in [0.3, 0.4) is 0 Å². The first-order valence-electron chi connectivity index (χ1n) is 9.54. The van der Waals surface area contributed by atoms with Gasteiger partial charge in [-0.15, -0.1) is 0 Å². The highest BCUT2D eigenvalue weighted by molar-refractivity contribution is 5.96. The monoisotopic (exact) mass is 401 g/mol. The second-order valence-corrected chi connectivity index (χ2v) is 6.63. The molecule has 152 valence electrons. The van der Waals surface area contributed by atoms with Crippen molar-refractivity contribution in [2.45, 2.75) is 13.5 Å².